The van der Waals surface area contributed by atoms with E-state index in [-0.39, 0.29) is 23.8 Å². The molecule has 0 aliphatic carbocycles. The summed E-state index contributed by atoms with van der Waals surface area (Å²) in [5.74, 6) is -1.58. The van der Waals surface area contributed by atoms with Crippen LogP contribution in [0.2, 0.25) is 0 Å². The smallest absolute Gasteiger partial charge is 0.380 e. The van der Waals surface area contributed by atoms with Crippen molar-refractivity contribution in [3.63, 3.8) is 0 Å². The van der Waals surface area contributed by atoms with Gasteiger partial charge in [0.05, 0.1) is 24.3 Å². The Morgan fingerprint density at radius 3 is 2.55 bits per heavy atom. The fourth-order valence-corrected chi connectivity index (χ4v) is 6.46. The third-order valence-corrected chi connectivity index (χ3v) is 8.60. The van der Waals surface area contributed by atoms with E-state index in [2.05, 4.69) is 11.9 Å². The van der Waals surface area contributed by atoms with Crippen LogP contribution in [0.3, 0.4) is 0 Å². The van der Waals surface area contributed by atoms with Crippen LogP contribution >= 0.6 is 19.2 Å². The van der Waals surface area contributed by atoms with Crippen LogP contribution in [0.15, 0.2) is 55.0 Å². The Labute approximate surface area is 226 Å². The molecule has 1 fully saturated rings. The summed E-state index contributed by atoms with van der Waals surface area (Å²) in [7, 11) is -4.08. The molecule has 2 N–H and O–H groups in total. The van der Waals surface area contributed by atoms with E-state index in [9.17, 15) is 23.7 Å². The summed E-state index contributed by atoms with van der Waals surface area (Å²) in [6.45, 7) is 8.91. The number of hydrogen-bond acceptors (Lipinski definition) is 9. The summed E-state index contributed by atoms with van der Waals surface area (Å²) in [5.41, 5.74) is 0. The highest BCUT2D eigenvalue weighted by Crippen LogP contribution is 2.53. The highest BCUT2D eigenvalue weighted by Gasteiger charge is 2.60. The maximum absolute atomic E-state index is 14.3. The minimum atomic E-state index is -4.08. The summed E-state index contributed by atoms with van der Waals surface area (Å²) in [6, 6.07) is 8.24. The van der Waals surface area contributed by atoms with E-state index < -0.39 is 61.5 Å². The zero-order valence-corrected chi connectivity index (χ0v) is 23.2. The van der Waals surface area contributed by atoms with Crippen molar-refractivity contribution in [3.05, 3.63) is 55.0 Å². The van der Waals surface area contributed by atoms with E-state index in [4.69, 9.17) is 30.1 Å². The molecule has 10 nitrogen and oxygen atoms in total. The number of halogens is 2. The number of benzene rings is 1. The van der Waals surface area contributed by atoms with E-state index in [0.717, 1.165) is 0 Å². The van der Waals surface area contributed by atoms with Crippen molar-refractivity contribution >= 4 is 31.1 Å². The van der Waals surface area contributed by atoms with E-state index in [1.165, 1.54) is 31.0 Å². The Balaban J connectivity index is 1.85. The van der Waals surface area contributed by atoms with Gasteiger partial charge in [0.2, 0.25) is 0 Å². The normalized spacial score (nSPS) is 28.5. The van der Waals surface area contributed by atoms with Crippen LogP contribution in [0.1, 0.15) is 27.7 Å². The molecule has 0 radical (unpaired) electrons. The summed E-state index contributed by atoms with van der Waals surface area (Å²) >= 11 is 6.52. The molecule has 0 saturated carbocycles. The molecule has 1 aromatic rings. The SMILES string of the molecule is C=C1NC(=O)C=CN1[C@@H]1O[C@H]([C@@H](C)O[P@](=O)(C[C@@H](C)C(=O)OC(C)C)Oc2ccccc2)[C@H](O)C1(Cl)CF. The lowest BCUT2D eigenvalue weighted by Gasteiger charge is -2.37. The number of hydrogen-bond donors (Lipinski definition) is 2. The number of aliphatic hydroxyl groups excluding tert-OH is 1. The number of carbonyl (C=O) groups is 2. The van der Waals surface area contributed by atoms with Gasteiger partial charge in [0.25, 0.3) is 5.91 Å². The first-order chi connectivity index (χ1) is 17.8. The van der Waals surface area contributed by atoms with Gasteiger partial charge >= 0.3 is 13.6 Å². The number of esters is 1. The van der Waals surface area contributed by atoms with Crippen molar-refractivity contribution < 1.29 is 42.2 Å². The van der Waals surface area contributed by atoms with E-state index in [1.807, 2.05) is 0 Å². The zero-order chi connectivity index (χ0) is 28.3. The molecule has 0 spiro atoms. The maximum Gasteiger partial charge on any atom is 0.380 e. The summed E-state index contributed by atoms with van der Waals surface area (Å²) in [5, 5.41) is 13.5. The predicted octanol–water partition coefficient (Wildman–Crippen LogP) is 3.70. The predicted molar refractivity (Wildman–Crippen MR) is 138 cm³/mol. The Bertz CT molecular complexity index is 1110. The highest BCUT2D eigenvalue weighted by molar-refractivity contribution is 7.54. The second kappa shape index (κ2) is 12.2. The second-order valence-electron chi connectivity index (χ2n) is 9.51. The fraction of sp³-hybridized carbons (Fsp3) is 0.520. The monoisotopic (exact) mass is 574 g/mol. The lowest BCUT2D eigenvalue weighted by atomic mass is 9.97. The molecule has 3 rings (SSSR count). The number of amides is 1. The number of para-hydroxylation sites is 1. The zero-order valence-electron chi connectivity index (χ0n) is 21.6. The lowest BCUT2D eigenvalue weighted by Crippen LogP contribution is -2.53. The van der Waals surface area contributed by atoms with Crippen LogP contribution in [0.4, 0.5) is 4.39 Å². The van der Waals surface area contributed by atoms with Crippen LogP contribution in [0.5, 0.6) is 5.75 Å². The largest absolute Gasteiger partial charge is 0.463 e. The third-order valence-electron chi connectivity index (χ3n) is 5.95. The minimum Gasteiger partial charge on any atom is -0.463 e. The topological polar surface area (TPSA) is 124 Å². The molecular formula is C25H33ClFN2O8P. The molecule has 38 heavy (non-hydrogen) atoms. The Morgan fingerprint density at radius 1 is 1.32 bits per heavy atom. The van der Waals surface area contributed by atoms with Crippen molar-refractivity contribution in [3.8, 4) is 5.75 Å². The molecule has 1 aromatic carbocycles. The summed E-state index contributed by atoms with van der Waals surface area (Å²) in [6.07, 6.45) is -3.55. The van der Waals surface area contributed by atoms with Crippen LogP contribution in [-0.2, 0) is 28.2 Å². The van der Waals surface area contributed by atoms with Crippen LogP contribution in [0, 0.1) is 5.92 Å². The van der Waals surface area contributed by atoms with Gasteiger partial charge in [-0.15, -0.1) is 11.6 Å². The molecule has 2 aliphatic heterocycles. The standard InChI is InChI=1S/C25H33ClFN2O8P/c1-15(2)34-23(32)16(3)13-38(33,37-19-9-7-6-8-10-19)36-17(4)21-22(31)25(26,14-27)24(35-21)29-12-11-20(30)28-18(29)5/h6-12,15-17,21-22,24,31H,5,13-14H2,1-4H3,(H,28,30)/t16-,17-,21-,22+,24-,25?,38-/m1/s1. The van der Waals surface area contributed by atoms with E-state index in [1.54, 1.807) is 44.2 Å². The highest BCUT2D eigenvalue weighted by atomic mass is 35.5. The Kier molecular flexibility index (Phi) is 9.65. The summed E-state index contributed by atoms with van der Waals surface area (Å²) < 4.78 is 51.0. The van der Waals surface area contributed by atoms with Crippen molar-refractivity contribution in [2.75, 3.05) is 12.8 Å². The summed E-state index contributed by atoms with van der Waals surface area (Å²) in [4.78, 5) is 23.4. The van der Waals surface area contributed by atoms with E-state index >= 15 is 0 Å². The Hall–Kier alpha value is -2.43. The van der Waals surface area contributed by atoms with Gasteiger partial charge in [-0.05, 0) is 32.9 Å². The number of rotatable bonds is 11. The van der Waals surface area contributed by atoms with Crippen molar-refractivity contribution in [1.82, 2.24) is 10.2 Å². The lowest BCUT2D eigenvalue weighted by molar-refractivity contribution is -0.151. The molecule has 1 unspecified atom stereocenters. The first-order valence-electron chi connectivity index (χ1n) is 12.1. The van der Waals surface area contributed by atoms with Crippen molar-refractivity contribution in [1.29, 1.82) is 0 Å². The number of alkyl halides is 2. The van der Waals surface area contributed by atoms with Gasteiger partial charge in [0, 0.05) is 12.3 Å². The molecule has 2 aliphatic rings. The molecule has 13 heteroatoms. The molecule has 1 saturated heterocycles. The minimum absolute atomic E-state index is 0.0676. The molecule has 2 heterocycles. The fourth-order valence-electron chi connectivity index (χ4n) is 4.09. The molecule has 0 aromatic heterocycles. The number of aliphatic hydroxyl groups is 1. The molecule has 1 amide bonds. The molecule has 7 atom stereocenters. The maximum atomic E-state index is 14.3. The number of carbonyl (C=O) groups excluding carboxylic acids is 2. The Morgan fingerprint density at radius 2 is 1.97 bits per heavy atom. The van der Waals surface area contributed by atoms with Crippen LogP contribution in [0.25, 0.3) is 0 Å². The van der Waals surface area contributed by atoms with Gasteiger partial charge in [-0.25, -0.2) is 8.96 Å². The van der Waals surface area contributed by atoms with Gasteiger partial charge < -0.3 is 29.3 Å². The number of nitrogens with one attached hydrogen (secondary N) is 1. The van der Waals surface area contributed by atoms with Crippen molar-refractivity contribution in [2.45, 2.75) is 63.2 Å². The van der Waals surface area contributed by atoms with Crippen LogP contribution < -0.4 is 9.84 Å². The van der Waals surface area contributed by atoms with Gasteiger partial charge in [0.15, 0.2) is 6.23 Å². The van der Waals surface area contributed by atoms with E-state index in [0.29, 0.717) is 0 Å². The second-order valence-corrected chi connectivity index (χ2v) is 12.2. The van der Waals surface area contributed by atoms with Gasteiger partial charge in [0.1, 0.15) is 35.3 Å². The third kappa shape index (κ3) is 6.76. The first-order valence-corrected chi connectivity index (χ1v) is 14.2. The number of nitrogens with zero attached hydrogens (tertiary/aromatic N) is 1. The molecule has 0 bridgehead atoms. The van der Waals surface area contributed by atoms with Gasteiger partial charge in [-0.3, -0.25) is 14.1 Å². The van der Waals surface area contributed by atoms with Crippen molar-refractivity contribution in [2.24, 2.45) is 5.92 Å². The van der Waals surface area contributed by atoms with Gasteiger partial charge in [-0.1, -0.05) is 31.7 Å². The first kappa shape index (κ1) is 30.1. The average molecular weight is 575 g/mol. The average Bonchev–Trinajstić information content (AvgIpc) is 3.10. The van der Waals surface area contributed by atoms with Gasteiger partial charge in [-0.2, -0.15) is 0 Å². The molecular weight excluding hydrogens is 542 g/mol. The van der Waals surface area contributed by atoms with Crippen LogP contribution in [-0.4, -0.2) is 70.2 Å². The number of ether oxygens (including phenoxy) is 2. The molecule has 210 valence electrons. The quantitative estimate of drug-likeness (QED) is 0.231.